The van der Waals surface area contributed by atoms with Gasteiger partial charge < -0.3 is 0 Å². The van der Waals surface area contributed by atoms with Crippen molar-refractivity contribution in [2.75, 3.05) is 6.67 Å². The van der Waals surface area contributed by atoms with E-state index >= 15 is 0 Å². The van der Waals surface area contributed by atoms with E-state index in [9.17, 15) is 4.39 Å². The van der Waals surface area contributed by atoms with Gasteiger partial charge in [-0.25, -0.2) is 0 Å². The van der Waals surface area contributed by atoms with Crippen molar-refractivity contribution in [3.8, 4) is 0 Å². The van der Waals surface area contributed by atoms with Gasteiger partial charge in [-0.1, -0.05) is 36.8 Å². The Morgan fingerprint density at radius 2 is 1.67 bits per heavy atom. The maximum absolute atomic E-state index is 11.7. The van der Waals surface area contributed by atoms with Crippen LogP contribution in [0.5, 0.6) is 0 Å². The molecule has 0 aliphatic rings. The molecule has 0 heterocycles. The molecular formula is C11H15F. The van der Waals surface area contributed by atoms with E-state index in [1.165, 1.54) is 5.56 Å². The summed E-state index contributed by atoms with van der Waals surface area (Å²) in [5.41, 5.74) is 1.36. The third kappa shape index (κ3) is 3.51. The molecule has 0 atom stereocenters. The highest BCUT2D eigenvalue weighted by Crippen LogP contribution is 2.05. The Balaban J connectivity index is 2.16. The average molecular weight is 166 g/mol. The van der Waals surface area contributed by atoms with E-state index in [0.717, 1.165) is 19.3 Å². The van der Waals surface area contributed by atoms with Crippen molar-refractivity contribution in [3.05, 3.63) is 35.9 Å². The molecule has 0 amide bonds. The Hall–Kier alpha value is -0.850. The van der Waals surface area contributed by atoms with Crippen LogP contribution in [0, 0.1) is 0 Å². The highest BCUT2D eigenvalue weighted by atomic mass is 19.1. The van der Waals surface area contributed by atoms with Crippen molar-refractivity contribution in [1.82, 2.24) is 0 Å². The zero-order valence-corrected chi connectivity index (χ0v) is 7.30. The summed E-state index contributed by atoms with van der Waals surface area (Å²) < 4.78 is 11.7. The second-order valence-corrected chi connectivity index (χ2v) is 2.99. The normalized spacial score (nSPS) is 10.1. The van der Waals surface area contributed by atoms with Crippen LogP contribution >= 0.6 is 0 Å². The molecule has 0 unspecified atom stereocenters. The summed E-state index contributed by atoms with van der Waals surface area (Å²) in [4.78, 5) is 0. The molecule has 0 nitrogen and oxygen atoms in total. The van der Waals surface area contributed by atoms with Gasteiger partial charge in [0.25, 0.3) is 0 Å². The first-order chi connectivity index (χ1) is 5.93. The Morgan fingerprint density at radius 3 is 2.33 bits per heavy atom. The molecule has 0 aliphatic carbocycles. The molecule has 0 radical (unpaired) electrons. The van der Waals surface area contributed by atoms with Crippen LogP contribution in [-0.2, 0) is 6.42 Å². The van der Waals surface area contributed by atoms with Gasteiger partial charge in [-0.05, 0) is 24.8 Å². The number of rotatable bonds is 5. The second-order valence-electron chi connectivity index (χ2n) is 2.99. The van der Waals surface area contributed by atoms with E-state index in [4.69, 9.17) is 0 Å². The van der Waals surface area contributed by atoms with Gasteiger partial charge in [-0.2, -0.15) is 0 Å². The van der Waals surface area contributed by atoms with E-state index in [1.807, 2.05) is 18.2 Å². The van der Waals surface area contributed by atoms with Gasteiger partial charge in [-0.15, -0.1) is 0 Å². The topological polar surface area (TPSA) is 0 Å². The van der Waals surface area contributed by atoms with Crippen LogP contribution in [0.15, 0.2) is 30.3 Å². The number of hydrogen-bond acceptors (Lipinski definition) is 0. The molecule has 0 bridgehead atoms. The Labute approximate surface area is 73.4 Å². The molecule has 12 heavy (non-hydrogen) atoms. The van der Waals surface area contributed by atoms with Crippen molar-refractivity contribution >= 4 is 0 Å². The van der Waals surface area contributed by atoms with Crippen LogP contribution < -0.4 is 0 Å². The maximum Gasteiger partial charge on any atom is 0.0894 e. The molecule has 1 rings (SSSR count). The molecule has 1 aromatic carbocycles. The van der Waals surface area contributed by atoms with E-state index in [0.29, 0.717) is 6.42 Å². The SMILES string of the molecule is FCCCCCc1ccccc1. The summed E-state index contributed by atoms with van der Waals surface area (Å²) in [7, 11) is 0. The third-order valence-corrected chi connectivity index (χ3v) is 1.94. The second kappa shape index (κ2) is 5.76. The lowest BCUT2D eigenvalue weighted by molar-refractivity contribution is 0.456. The number of unbranched alkanes of at least 4 members (excludes halogenated alkanes) is 2. The highest BCUT2D eigenvalue weighted by Gasteiger charge is 1.91. The molecule has 0 N–H and O–H groups in total. The molecule has 0 saturated carbocycles. The summed E-state index contributed by atoms with van der Waals surface area (Å²) in [5, 5.41) is 0. The highest BCUT2D eigenvalue weighted by molar-refractivity contribution is 5.14. The lowest BCUT2D eigenvalue weighted by atomic mass is 10.1. The quantitative estimate of drug-likeness (QED) is 0.588. The van der Waals surface area contributed by atoms with Crippen LogP contribution in [0.3, 0.4) is 0 Å². The van der Waals surface area contributed by atoms with Gasteiger partial charge in [-0.3, -0.25) is 4.39 Å². The first-order valence-corrected chi connectivity index (χ1v) is 4.53. The molecule has 0 spiro atoms. The predicted octanol–water partition coefficient (Wildman–Crippen LogP) is 3.37. The predicted molar refractivity (Wildman–Crippen MR) is 50.0 cm³/mol. The lowest BCUT2D eigenvalue weighted by Gasteiger charge is -1.98. The van der Waals surface area contributed by atoms with Gasteiger partial charge in [0.15, 0.2) is 0 Å². The smallest absolute Gasteiger partial charge is 0.0894 e. The minimum Gasteiger partial charge on any atom is -0.251 e. The summed E-state index contributed by atoms with van der Waals surface area (Å²) in [6.45, 7) is -0.172. The maximum atomic E-state index is 11.7. The Morgan fingerprint density at radius 1 is 0.917 bits per heavy atom. The minimum atomic E-state index is -0.172. The van der Waals surface area contributed by atoms with Gasteiger partial charge in [0.05, 0.1) is 6.67 Å². The molecule has 0 saturated heterocycles. The van der Waals surface area contributed by atoms with Gasteiger partial charge in [0, 0.05) is 0 Å². The average Bonchev–Trinajstić information content (AvgIpc) is 2.14. The van der Waals surface area contributed by atoms with Crippen LogP contribution in [0.4, 0.5) is 4.39 Å². The molecule has 1 heteroatoms. The minimum absolute atomic E-state index is 0.172. The monoisotopic (exact) mass is 166 g/mol. The molecule has 0 aliphatic heterocycles. The van der Waals surface area contributed by atoms with Crippen molar-refractivity contribution in [1.29, 1.82) is 0 Å². The zero-order chi connectivity index (χ0) is 8.65. The fraction of sp³-hybridized carbons (Fsp3) is 0.455. The molecule has 1 aromatic rings. The molecule has 0 fully saturated rings. The largest absolute Gasteiger partial charge is 0.251 e. The van der Waals surface area contributed by atoms with Gasteiger partial charge in [0.1, 0.15) is 0 Å². The van der Waals surface area contributed by atoms with Crippen LogP contribution in [-0.4, -0.2) is 6.67 Å². The Kier molecular flexibility index (Phi) is 4.43. The number of benzene rings is 1. The zero-order valence-electron chi connectivity index (χ0n) is 7.30. The van der Waals surface area contributed by atoms with Crippen LogP contribution in [0.1, 0.15) is 24.8 Å². The summed E-state index contributed by atoms with van der Waals surface area (Å²) in [5.74, 6) is 0. The number of alkyl halides is 1. The fourth-order valence-electron chi connectivity index (χ4n) is 1.25. The van der Waals surface area contributed by atoms with E-state index in [2.05, 4.69) is 12.1 Å². The number of aryl methyl sites for hydroxylation is 1. The third-order valence-electron chi connectivity index (χ3n) is 1.94. The lowest BCUT2D eigenvalue weighted by Crippen LogP contribution is -1.85. The van der Waals surface area contributed by atoms with Crippen LogP contribution in [0.2, 0.25) is 0 Å². The fourth-order valence-corrected chi connectivity index (χ4v) is 1.25. The summed E-state index contributed by atoms with van der Waals surface area (Å²) in [6.07, 6.45) is 3.91. The van der Waals surface area contributed by atoms with E-state index < -0.39 is 0 Å². The van der Waals surface area contributed by atoms with E-state index in [-0.39, 0.29) is 6.67 Å². The standard InChI is InChI=1S/C11H15F/c12-10-6-2-5-9-11-7-3-1-4-8-11/h1,3-4,7-8H,2,5-6,9-10H2. The Bertz CT molecular complexity index is 193. The van der Waals surface area contributed by atoms with Crippen molar-refractivity contribution in [2.45, 2.75) is 25.7 Å². The molecule has 66 valence electrons. The van der Waals surface area contributed by atoms with Crippen molar-refractivity contribution in [2.24, 2.45) is 0 Å². The summed E-state index contributed by atoms with van der Waals surface area (Å²) >= 11 is 0. The number of halogens is 1. The van der Waals surface area contributed by atoms with Crippen LogP contribution in [0.25, 0.3) is 0 Å². The first kappa shape index (κ1) is 9.24. The van der Waals surface area contributed by atoms with E-state index in [1.54, 1.807) is 0 Å². The van der Waals surface area contributed by atoms with Crippen molar-refractivity contribution in [3.63, 3.8) is 0 Å². The number of hydrogen-bond donors (Lipinski definition) is 0. The van der Waals surface area contributed by atoms with Crippen molar-refractivity contribution < 1.29 is 4.39 Å². The molecule has 0 aromatic heterocycles. The first-order valence-electron chi connectivity index (χ1n) is 4.53. The molecular weight excluding hydrogens is 151 g/mol. The summed E-state index contributed by atoms with van der Waals surface area (Å²) in [6, 6.07) is 10.4. The van der Waals surface area contributed by atoms with Gasteiger partial charge >= 0.3 is 0 Å². The van der Waals surface area contributed by atoms with Gasteiger partial charge in [0.2, 0.25) is 0 Å².